The Balaban J connectivity index is 0.00000264. The first kappa shape index (κ1) is 20.5. The van der Waals surface area contributed by atoms with Crippen molar-refractivity contribution in [3.63, 3.8) is 0 Å². The molecule has 7 heteroatoms. The summed E-state index contributed by atoms with van der Waals surface area (Å²) < 4.78 is 13.4. The fourth-order valence-electron chi connectivity index (χ4n) is 2.72. The molecular formula is C16H26FIN4S. The first-order chi connectivity index (χ1) is 10.6. The van der Waals surface area contributed by atoms with Crippen LogP contribution in [-0.4, -0.2) is 50.8 Å². The Kier molecular flexibility index (Phi) is 9.23. The number of halogens is 2. The second-order valence-electron chi connectivity index (χ2n) is 5.68. The summed E-state index contributed by atoms with van der Waals surface area (Å²) in [4.78, 5) is 7.67. The van der Waals surface area contributed by atoms with Gasteiger partial charge in [-0.15, -0.1) is 35.7 Å². The molecule has 0 aromatic heterocycles. The van der Waals surface area contributed by atoms with Crippen LogP contribution < -0.4 is 10.6 Å². The molecule has 1 fully saturated rings. The minimum atomic E-state index is -0.202. The molecule has 1 aromatic carbocycles. The quantitative estimate of drug-likeness (QED) is 0.312. The largest absolute Gasteiger partial charge is 0.356 e. The van der Waals surface area contributed by atoms with Crippen molar-refractivity contribution in [2.75, 3.05) is 40.0 Å². The highest BCUT2D eigenvalue weighted by molar-refractivity contribution is 14.0. The molecular weight excluding hydrogens is 426 g/mol. The standard InChI is InChI=1S/C16H25FN4S.HI/c1-18-16(19-9-12-6-7-21(2)11-12)20-10-13-8-14(17)4-5-15(13)22-3;/h4-5,8,12H,6-7,9-11H2,1-3H3,(H2,18,19,20);1H. The molecule has 1 aliphatic rings. The van der Waals surface area contributed by atoms with Crippen molar-refractivity contribution >= 4 is 41.7 Å². The Morgan fingerprint density at radius 1 is 1.43 bits per heavy atom. The Hall–Kier alpha value is -0.540. The van der Waals surface area contributed by atoms with Gasteiger partial charge in [0.2, 0.25) is 0 Å². The van der Waals surface area contributed by atoms with Crippen molar-refractivity contribution in [3.05, 3.63) is 29.6 Å². The monoisotopic (exact) mass is 452 g/mol. The van der Waals surface area contributed by atoms with Gasteiger partial charge in [-0.05, 0) is 55.9 Å². The second kappa shape index (κ2) is 10.4. The summed E-state index contributed by atoms with van der Waals surface area (Å²) in [7, 11) is 3.91. The molecule has 1 aromatic rings. The maximum atomic E-state index is 13.4. The summed E-state index contributed by atoms with van der Waals surface area (Å²) >= 11 is 1.62. The number of nitrogens with zero attached hydrogens (tertiary/aromatic N) is 2. The molecule has 1 unspecified atom stereocenters. The zero-order valence-electron chi connectivity index (χ0n) is 13.9. The van der Waals surface area contributed by atoms with Crippen LogP contribution in [0.2, 0.25) is 0 Å². The summed E-state index contributed by atoms with van der Waals surface area (Å²) in [6, 6.07) is 4.90. The van der Waals surface area contributed by atoms with Crippen LogP contribution in [0.1, 0.15) is 12.0 Å². The van der Waals surface area contributed by atoms with Gasteiger partial charge in [0.15, 0.2) is 5.96 Å². The lowest BCUT2D eigenvalue weighted by atomic mass is 10.1. The molecule has 130 valence electrons. The van der Waals surface area contributed by atoms with Crippen LogP contribution in [0.3, 0.4) is 0 Å². The first-order valence-electron chi connectivity index (χ1n) is 7.58. The van der Waals surface area contributed by atoms with E-state index in [-0.39, 0.29) is 29.8 Å². The number of benzene rings is 1. The molecule has 1 atom stereocenters. The highest BCUT2D eigenvalue weighted by atomic mass is 127. The van der Waals surface area contributed by atoms with Crippen LogP contribution in [0.15, 0.2) is 28.1 Å². The van der Waals surface area contributed by atoms with Crippen LogP contribution >= 0.6 is 35.7 Å². The molecule has 0 bridgehead atoms. The lowest BCUT2D eigenvalue weighted by molar-refractivity contribution is 0.394. The van der Waals surface area contributed by atoms with Crippen molar-refractivity contribution in [1.82, 2.24) is 15.5 Å². The van der Waals surface area contributed by atoms with Gasteiger partial charge in [0.05, 0.1) is 0 Å². The van der Waals surface area contributed by atoms with Gasteiger partial charge in [-0.1, -0.05) is 0 Å². The topological polar surface area (TPSA) is 39.7 Å². The molecule has 4 nitrogen and oxygen atoms in total. The SMILES string of the molecule is CN=C(NCc1cc(F)ccc1SC)NCC1CCN(C)C1.I. The molecule has 1 heterocycles. The van der Waals surface area contributed by atoms with E-state index in [1.54, 1.807) is 24.9 Å². The van der Waals surface area contributed by atoms with E-state index in [4.69, 9.17) is 0 Å². The number of nitrogens with one attached hydrogen (secondary N) is 2. The average molecular weight is 452 g/mol. The van der Waals surface area contributed by atoms with E-state index in [1.807, 2.05) is 12.3 Å². The zero-order chi connectivity index (χ0) is 15.9. The molecule has 0 aliphatic carbocycles. The Morgan fingerprint density at radius 3 is 2.83 bits per heavy atom. The Labute approximate surface area is 159 Å². The summed E-state index contributed by atoms with van der Waals surface area (Å²) in [5.74, 6) is 1.23. The van der Waals surface area contributed by atoms with E-state index in [2.05, 4.69) is 27.6 Å². The number of thioether (sulfide) groups is 1. The smallest absolute Gasteiger partial charge is 0.191 e. The van der Waals surface area contributed by atoms with Crippen molar-refractivity contribution < 1.29 is 4.39 Å². The van der Waals surface area contributed by atoms with Crippen LogP contribution in [-0.2, 0) is 6.54 Å². The maximum Gasteiger partial charge on any atom is 0.191 e. The number of likely N-dealkylation sites (tertiary alicyclic amines) is 1. The lowest BCUT2D eigenvalue weighted by Crippen LogP contribution is -2.39. The van der Waals surface area contributed by atoms with Crippen molar-refractivity contribution in [2.24, 2.45) is 10.9 Å². The first-order valence-corrected chi connectivity index (χ1v) is 8.80. The lowest BCUT2D eigenvalue weighted by Gasteiger charge is -2.16. The number of guanidine groups is 1. The molecule has 0 spiro atoms. The van der Waals surface area contributed by atoms with Crippen LogP contribution in [0.25, 0.3) is 0 Å². The molecule has 2 N–H and O–H groups in total. The van der Waals surface area contributed by atoms with Gasteiger partial charge >= 0.3 is 0 Å². The minimum absolute atomic E-state index is 0. The van der Waals surface area contributed by atoms with Crippen LogP contribution in [0.4, 0.5) is 4.39 Å². The average Bonchev–Trinajstić information content (AvgIpc) is 2.93. The molecule has 0 radical (unpaired) electrons. The predicted octanol–water partition coefficient (Wildman–Crippen LogP) is 2.78. The Morgan fingerprint density at radius 2 is 2.22 bits per heavy atom. The highest BCUT2D eigenvalue weighted by Gasteiger charge is 2.19. The predicted molar refractivity (Wildman–Crippen MR) is 107 cm³/mol. The number of hydrogen-bond donors (Lipinski definition) is 2. The number of hydrogen-bond acceptors (Lipinski definition) is 3. The van der Waals surface area contributed by atoms with Gasteiger partial charge in [-0.2, -0.15) is 0 Å². The third-order valence-electron chi connectivity index (χ3n) is 3.96. The van der Waals surface area contributed by atoms with Gasteiger partial charge in [0, 0.05) is 31.6 Å². The van der Waals surface area contributed by atoms with Gasteiger partial charge in [-0.25, -0.2) is 4.39 Å². The van der Waals surface area contributed by atoms with E-state index in [0.717, 1.165) is 29.5 Å². The minimum Gasteiger partial charge on any atom is -0.356 e. The van der Waals surface area contributed by atoms with Crippen LogP contribution in [0.5, 0.6) is 0 Å². The third kappa shape index (κ3) is 6.46. The van der Waals surface area contributed by atoms with E-state index < -0.39 is 0 Å². The van der Waals surface area contributed by atoms with E-state index in [0.29, 0.717) is 12.5 Å². The molecule has 2 rings (SSSR count). The fourth-order valence-corrected chi connectivity index (χ4v) is 3.32. The second-order valence-corrected chi connectivity index (χ2v) is 6.53. The third-order valence-corrected chi connectivity index (χ3v) is 4.80. The molecule has 23 heavy (non-hydrogen) atoms. The van der Waals surface area contributed by atoms with E-state index in [9.17, 15) is 4.39 Å². The summed E-state index contributed by atoms with van der Waals surface area (Å²) in [5, 5.41) is 6.63. The van der Waals surface area contributed by atoms with Gasteiger partial charge in [-0.3, -0.25) is 4.99 Å². The summed E-state index contributed by atoms with van der Waals surface area (Å²) in [6.45, 7) is 3.78. The summed E-state index contributed by atoms with van der Waals surface area (Å²) in [6.07, 6.45) is 3.22. The van der Waals surface area contributed by atoms with Gasteiger partial charge in [0.1, 0.15) is 5.82 Å². The van der Waals surface area contributed by atoms with E-state index >= 15 is 0 Å². The molecule has 0 amide bonds. The van der Waals surface area contributed by atoms with Crippen LogP contribution in [0, 0.1) is 11.7 Å². The van der Waals surface area contributed by atoms with Crippen molar-refractivity contribution in [1.29, 1.82) is 0 Å². The summed E-state index contributed by atoms with van der Waals surface area (Å²) in [5.41, 5.74) is 0.955. The Bertz CT molecular complexity index is 527. The van der Waals surface area contributed by atoms with Gasteiger partial charge in [0.25, 0.3) is 0 Å². The van der Waals surface area contributed by atoms with Crippen molar-refractivity contribution in [2.45, 2.75) is 17.9 Å². The maximum absolute atomic E-state index is 13.4. The molecule has 0 saturated carbocycles. The zero-order valence-corrected chi connectivity index (χ0v) is 17.1. The number of rotatable bonds is 5. The fraction of sp³-hybridized carbons (Fsp3) is 0.562. The van der Waals surface area contributed by atoms with Crippen molar-refractivity contribution in [3.8, 4) is 0 Å². The normalized spacial score (nSPS) is 18.6. The molecule has 1 aliphatic heterocycles. The van der Waals surface area contributed by atoms with Gasteiger partial charge < -0.3 is 15.5 Å². The number of aliphatic imine (C=N–C) groups is 1. The highest BCUT2D eigenvalue weighted by Crippen LogP contribution is 2.21. The molecule has 1 saturated heterocycles. The van der Waals surface area contributed by atoms with E-state index in [1.165, 1.54) is 19.0 Å².